The maximum absolute atomic E-state index is 6.16. The van der Waals surface area contributed by atoms with Gasteiger partial charge in [0.1, 0.15) is 4.34 Å². The maximum atomic E-state index is 6.16. The SMILES string of the molecule is CN(CC1(N(C)C)CCC1)C(CN)c1cc(Br)c(Cl)s1. The molecule has 6 heteroatoms. The van der Waals surface area contributed by atoms with E-state index in [0.717, 1.165) is 15.4 Å². The van der Waals surface area contributed by atoms with Crippen LogP contribution in [0, 0.1) is 0 Å². The van der Waals surface area contributed by atoms with Crippen molar-refractivity contribution in [3.63, 3.8) is 0 Å². The molecule has 1 aliphatic carbocycles. The molecule has 0 saturated heterocycles. The number of nitrogens with two attached hydrogens (primary N) is 1. The Balaban J connectivity index is 2.11. The van der Waals surface area contributed by atoms with Crippen molar-refractivity contribution in [1.82, 2.24) is 9.80 Å². The molecule has 1 aliphatic rings. The summed E-state index contributed by atoms with van der Waals surface area (Å²) < 4.78 is 1.77. The van der Waals surface area contributed by atoms with E-state index in [0.29, 0.717) is 12.1 Å². The van der Waals surface area contributed by atoms with Crippen LogP contribution < -0.4 is 5.73 Å². The summed E-state index contributed by atoms with van der Waals surface area (Å²) in [6, 6.07) is 2.34. The third-order valence-corrected chi connectivity index (χ3v) is 7.10. The molecule has 1 aromatic rings. The molecule has 0 amide bonds. The second kappa shape index (κ2) is 6.63. The summed E-state index contributed by atoms with van der Waals surface area (Å²) in [4.78, 5) is 5.99. The lowest BCUT2D eigenvalue weighted by Gasteiger charge is -2.50. The number of thiophene rings is 1. The topological polar surface area (TPSA) is 32.5 Å². The molecule has 20 heavy (non-hydrogen) atoms. The highest BCUT2D eigenvalue weighted by Crippen LogP contribution is 2.40. The second-order valence-electron chi connectivity index (χ2n) is 5.91. The summed E-state index contributed by atoms with van der Waals surface area (Å²) in [5.74, 6) is 0. The molecule has 114 valence electrons. The predicted octanol–water partition coefficient (Wildman–Crippen LogP) is 3.58. The quantitative estimate of drug-likeness (QED) is 0.818. The molecule has 1 unspecified atom stereocenters. The van der Waals surface area contributed by atoms with E-state index in [-0.39, 0.29) is 6.04 Å². The van der Waals surface area contributed by atoms with Crippen LogP contribution in [0.5, 0.6) is 0 Å². The van der Waals surface area contributed by atoms with Crippen molar-refractivity contribution in [1.29, 1.82) is 0 Å². The van der Waals surface area contributed by atoms with Gasteiger partial charge < -0.3 is 10.6 Å². The van der Waals surface area contributed by atoms with Crippen molar-refractivity contribution >= 4 is 38.9 Å². The second-order valence-corrected chi connectivity index (χ2v) is 8.45. The van der Waals surface area contributed by atoms with E-state index in [1.165, 1.54) is 24.1 Å². The van der Waals surface area contributed by atoms with E-state index in [1.807, 2.05) is 0 Å². The number of nitrogens with zero attached hydrogens (tertiary/aromatic N) is 2. The Hall–Kier alpha value is 0.350. The number of hydrogen-bond acceptors (Lipinski definition) is 4. The Morgan fingerprint density at radius 2 is 2.10 bits per heavy atom. The largest absolute Gasteiger partial charge is 0.329 e. The van der Waals surface area contributed by atoms with Crippen LogP contribution in [0.25, 0.3) is 0 Å². The van der Waals surface area contributed by atoms with Crippen LogP contribution in [-0.2, 0) is 0 Å². The summed E-state index contributed by atoms with van der Waals surface area (Å²) in [6.07, 6.45) is 3.88. The van der Waals surface area contributed by atoms with Crippen LogP contribution >= 0.6 is 38.9 Å². The van der Waals surface area contributed by atoms with Gasteiger partial charge in [0.05, 0.1) is 6.04 Å². The molecule has 0 aromatic carbocycles. The third-order valence-electron chi connectivity index (χ3n) is 4.52. The Labute approximate surface area is 139 Å². The van der Waals surface area contributed by atoms with E-state index in [1.54, 1.807) is 11.3 Å². The number of halogens is 2. The lowest BCUT2D eigenvalue weighted by atomic mass is 9.75. The van der Waals surface area contributed by atoms with Crippen molar-refractivity contribution in [2.24, 2.45) is 5.73 Å². The number of likely N-dealkylation sites (N-methyl/N-ethyl adjacent to an activating group) is 2. The van der Waals surface area contributed by atoms with Crippen LogP contribution in [0.2, 0.25) is 4.34 Å². The molecule has 1 heterocycles. The molecule has 0 bridgehead atoms. The van der Waals surface area contributed by atoms with Gasteiger partial charge in [-0.05, 0) is 62.4 Å². The first-order chi connectivity index (χ1) is 9.39. The fourth-order valence-electron chi connectivity index (χ4n) is 2.95. The molecule has 3 nitrogen and oxygen atoms in total. The summed E-state index contributed by atoms with van der Waals surface area (Å²) in [6.45, 7) is 1.66. The number of hydrogen-bond donors (Lipinski definition) is 1. The minimum atomic E-state index is 0.237. The van der Waals surface area contributed by atoms with Crippen LogP contribution in [0.3, 0.4) is 0 Å². The Morgan fingerprint density at radius 1 is 1.45 bits per heavy atom. The van der Waals surface area contributed by atoms with Gasteiger partial charge in [-0.2, -0.15) is 0 Å². The van der Waals surface area contributed by atoms with Gasteiger partial charge >= 0.3 is 0 Å². The highest BCUT2D eigenvalue weighted by molar-refractivity contribution is 9.10. The first-order valence-corrected chi connectivity index (χ1v) is 8.91. The smallest absolute Gasteiger partial charge is 0.107 e. The standard InChI is InChI=1S/C14H23BrClN3S/c1-18(2)14(5-4-6-14)9-19(3)11(8-17)12-7-10(15)13(16)20-12/h7,11H,4-6,8-9,17H2,1-3H3. The average Bonchev–Trinajstić information content (AvgIpc) is 2.64. The normalized spacial score (nSPS) is 19.4. The van der Waals surface area contributed by atoms with E-state index in [2.05, 4.69) is 52.9 Å². The summed E-state index contributed by atoms with van der Waals surface area (Å²) in [5, 5.41) is 0. The van der Waals surface area contributed by atoms with Gasteiger partial charge in [0, 0.05) is 28.0 Å². The lowest BCUT2D eigenvalue weighted by molar-refractivity contribution is 0.0172. The molecular formula is C14H23BrClN3S. The van der Waals surface area contributed by atoms with Crippen LogP contribution in [0.4, 0.5) is 0 Å². The molecule has 0 radical (unpaired) electrons. The molecule has 2 rings (SSSR count). The summed E-state index contributed by atoms with van der Waals surface area (Å²) in [5.41, 5.74) is 6.33. The van der Waals surface area contributed by atoms with E-state index >= 15 is 0 Å². The Morgan fingerprint density at radius 3 is 2.45 bits per heavy atom. The molecule has 1 fully saturated rings. The zero-order valence-electron chi connectivity index (χ0n) is 12.3. The van der Waals surface area contributed by atoms with Gasteiger partial charge in [-0.3, -0.25) is 4.90 Å². The monoisotopic (exact) mass is 379 g/mol. The summed E-state index contributed by atoms with van der Waals surface area (Å²) >= 11 is 11.3. The fraction of sp³-hybridized carbons (Fsp3) is 0.714. The number of rotatable bonds is 6. The first kappa shape index (κ1) is 16.7. The zero-order chi connectivity index (χ0) is 14.9. The van der Waals surface area contributed by atoms with Gasteiger partial charge in [-0.1, -0.05) is 11.6 Å². The van der Waals surface area contributed by atoms with Gasteiger partial charge in [-0.15, -0.1) is 11.3 Å². The Bertz CT molecular complexity index is 440. The minimum Gasteiger partial charge on any atom is -0.329 e. The van der Waals surface area contributed by atoms with E-state index in [4.69, 9.17) is 17.3 Å². The molecule has 1 aromatic heterocycles. The molecule has 0 spiro atoms. The van der Waals surface area contributed by atoms with Crippen molar-refractivity contribution in [2.75, 3.05) is 34.2 Å². The van der Waals surface area contributed by atoms with E-state index < -0.39 is 0 Å². The van der Waals surface area contributed by atoms with Crippen molar-refractivity contribution in [3.05, 3.63) is 19.8 Å². The van der Waals surface area contributed by atoms with Crippen LogP contribution in [0.1, 0.15) is 30.2 Å². The van der Waals surface area contributed by atoms with Crippen molar-refractivity contribution < 1.29 is 0 Å². The van der Waals surface area contributed by atoms with Crippen LogP contribution in [0.15, 0.2) is 10.5 Å². The lowest BCUT2D eigenvalue weighted by Crippen LogP contribution is -2.57. The maximum Gasteiger partial charge on any atom is 0.107 e. The summed E-state index contributed by atoms with van der Waals surface area (Å²) in [7, 11) is 6.54. The predicted molar refractivity (Wildman–Crippen MR) is 91.7 cm³/mol. The molecule has 1 atom stereocenters. The zero-order valence-corrected chi connectivity index (χ0v) is 15.5. The highest BCUT2D eigenvalue weighted by Gasteiger charge is 2.40. The average molecular weight is 381 g/mol. The van der Waals surface area contributed by atoms with Crippen molar-refractivity contribution in [3.8, 4) is 0 Å². The van der Waals surface area contributed by atoms with Gasteiger partial charge in [0.15, 0.2) is 0 Å². The van der Waals surface area contributed by atoms with Gasteiger partial charge in [-0.25, -0.2) is 0 Å². The van der Waals surface area contributed by atoms with Crippen LogP contribution in [-0.4, -0.2) is 49.6 Å². The van der Waals surface area contributed by atoms with Crippen molar-refractivity contribution in [2.45, 2.75) is 30.8 Å². The Kier molecular flexibility index (Phi) is 5.54. The fourth-order valence-corrected chi connectivity index (χ4v) is 4.86. The van der Waals surface area contributed by atoms with Gasteiger partial charge in [0.25, 0.3) is 0 Å². The third kappa shape index (κ3) is 3.23. The van der Waals surface area contributed by atoms with Gasteiger partial charge in [0.2, 0.25) is 0 Å². The molecule has 0 aliphatic heterocycles. The molecular weight excluding hydrogens is 358 g/mol. The minimum absolute atomic E-state index is 0.237. The molecule has 1 saturated carbocycles. The highest BCUT2D eigenvalue weighted by atomic mass is 79.9. The first-order valence-electron chi connectivity index (χ1n) is 6.92. The molecule has 2 N–H and O–H groups in total. The van der Waals surface area contributed by atoms with E-state index in [9.17, 15) is 0 Å².